The van der Waals surface area contributed by atoms with Crippen LogP contribution >= 0.6 is 0 Å². The van der Waals surface area contributed by atoms with Gasteiger partial charge in [0.1, 0.15) is 0 Å². The highest BCUT2D eigenvalue weighted by Crippen LogP contribution is 2.33. The number of aryl methyl sites for hydroxylation is 1. The molecule has 1 amide bonds. The van der Waals surface area contributed by atoms with Crippen LogP contribution in [0, 0.1) is 6.92 Å². The molecule has 2 aromatic rings. The van der Waals surface area contributed by atoms with Crippen molar-refractivity contribution in [1.82, 2.24) is 5.32 Å². The predicted octanol–water partition coefficient (Wildman–Crippen LogP) is 1.68. The topological polar surface area (TPSA) is 94.7 Å². The maximum atomic E-state index is 13.8. The lowest BCUT2D eigenvalue weighted by molar-refractivity contribution is -0.363. The highest BCUT2D eigenvalue weighted by molar-refractivity contribution is 5.97. The fourth-order valence-electron chi connectivity index (χ4n) is 2.03. The second kappa shape index (κ2) is 6.83. The van der Waals surface area contributed by atoms with Crippen LogP contribution in [-0.4, -0.2) is 30.8 Å². The second-order valence-corrected chi connectivity index (χ2v) is 5.02. The number of furan rings is 1. The molecule has 0 spiro atoms. The van der Waals surface area contributed by atoms with Crippen molar-refractivity contribution < 1.29 is 36.9 Å². The number of aromatic nitrogens is 1. The van der Waals surface area contributed by atoms with Crippen LogP contribution in [0.2, 0.25) is 0 Å². The summed E-state index contributed by atoms with van der Waals surface area (Å²) in [6, 6.07) is 5.57. The lowest BCUT2D eigenvalue weighted by Crippen LogP contribution is -2.69. The first-order chi connectivity index (χ1) is 11.7. The molecule has 3 N–H and O–H groups in total. The van der Waals surface area contributed by atoms with Gasteiger partial charge in [0, 0.05) is 5.56 Å². The number of hydrogen-bond donors (Lipinski definition) is 2. The molecule has 0 aliphatic carbocycles. The van der Waals surface area contributed by atoms with E-state index in [1.165, 1.54) is 25.3 Å². The molecule has 7 nitrogen and oxygen atoms in total. The molecule has 1 atom stereocenters. The van der Waals surface area contributed by atoms with E-state index in [-0.39, 0.29) is 5.82 Å². The number of hydrogen-bond acceptors (Lipinski definition) is 5. The van der Waals surface area contributed by atoms with Crippen molar-refractivity contribution in [2.75, 3.05) is 12.4 Å². The van der Waals surface area contributed by atoms with E-state index in [0.29, 0.717) is 5.56 Å². The van der Waals surface area contributed by atoms with E-state index in [1.54, 1.807) is 11.4 Å². The number of amides is 1. The average molecular weight is 358 g/mol. The van der Waals surface area contributed by atoms with Gasteiger partial charge in [-0.3, -0.25) is 10.1 Å². The van der Waals surface area contributed by atoms with Gasteiger partial charge in [0.15, 0.2) is 5.76 Å². The van der Waals surface area contributed by atoms with Crippen molar-refractivity contribution in [1.29, 1.82) is 0 Å². The molecule has 0 saturated carbocycles. The molecule has 134 valence electrons. The summed E-state index contributed by atoms with van der Waals surface area (Å²) in [5.41, 5.74) is -3.14. The van der Waals surface area contributed by atoms with Crippen LogP contribution in [0.5, 0.6) is 0 Å². The first-order valence-electron chi connectivity index (χ1n) is 6.98. The number of carbonyl (C=O) groups excluding carboxylic acids is 2. The molecule has 0 aromatic carbocycles. The number of nitrogens with one attached hydrogen (secondary N) is 3. The normalized spacial score (nSPS) is 13.6. The standard InChI is InChI=1S/C15H14F3N3O4/c1-9-5-3-7-19-11(9)20-14(13(23)24-2,15(16,17)18)21-12(22)10-6-4-8-25-10/h3-8H,1-2H3,(H,19,20)(H,21,22)/p+1/t14-/m1/s1. The Kier molecular flexibility index (Phi) is 5.00. The number of H-pyrrole nitrogens is 1. The van der Waals surface area contributed by atoms with Crippen LogP contribution in [0.15, 0.2) is 41.1 Å². The minimum atomic E-state index is -5.22. The Morgan fingerprint density at radius 2 is 1.96 bits per heavy atom. The van der Waals surface area contributed by atoms with Crippen molar-refractivity contribution >= 4 is 17.7 Å². The Balaban J connectivity index is 2.50. The van der Waals surface area contributed by atoms with Gasteiger partial charge in [-0.2, -0.15) is 13.2 Å². The monoisotopic (exact) mass is 358 g/mol. The number of rotatable bonds is 5. The third-order valence-electron chi connectivity index (χ3n) is 3.34. The van der Waals surface area contributed by atoms with Crippen molar-refractivity contribution in [3.05, 3.63) is 48.0 Å². The van der Waals surface area contributed by atoms with Crippen molar-refractivity contribution in [2.24, 2.45) is 0 Å². The second-order valence-electron chi connectivity index (χ2n) is 5.02. The molecule has 2 aromatic heterocycles. The van der Waals surface area contributed by atoms with Crippen LogP contribution in [0.3, 0.4) is 0 Å². The van der Waals surface area contributed by atoms with E-state index in [9.17, 15) is 22.8 Å². The van der Waals surface area contributed by atoms with E-state index in [0.717, 1.165) is 19.4 Å². The number of pyridine rings is 1. The third kappa shape index (κ3) is 3.57. The number of halogens is 3. The van der Waals surface area contributed by atoms with Crippen LogP contribution in [-0.2, 0) is 9.53 Å². The zero-order valence-corrected chi connectivity index (χ0v) is 13.2. The van der Waals surface area contributed by atoms with Crippen LogP contribution in [0.1, 0.15) is 16.1 Å². The summed E-state index contributed by atoms with van der Waals surface area (Å²) in [5, 5.41) is 3.65. The van der Waals surface area contributed by atoms with Crippen molar-refractivity contribution in [2.45, 2.75) is 18.8 Å². The van der Waals surface area contributed by atoms with Crippen molar-refractivity contribution in [3.8, 4) is 0 Å². The zero-order valence-electron chi connectivity index (χ0n) is 13.2. The fraction of sp³-hybridized carbons (Fsp3) is 0.267. The van der Waals surface area contributed by atoms with Gasteiger partial charge in [-0.15, -0.1) is 0 Å². The quantitative estimate of drug-likeness (QED) is 0.626. The van der Waals surface area contributed by atoms with Gasteiger partial charge in [-0.05, 0) is 31.2 Å². The minimum Gasteiger partial charge on any atom is -0.464 e. The van der Waals surface area contributed by atoms with Crippen molar-refractivity contribution in [3.63, 3.8) is 0 Å². The van der Waals surface area contributed by atoms with E-state index in [4.69, 9.17) is 4.42 Å². The molecule has 0 unspecified atom stereocenters. The summed E-state index contributed by atoms with van der Waals surface area (Å²) in [6.45, 7) is 1.52. The molecule has 25 heavy (non-hydrogen) atoms. The highest BCUT2D eigenvalue weighted by atomic mass is 19.4. The molecule has 10 heteroatoms. The lowest BCUT2D eigenvalue weighted by atomic mass is 10.1. The average Bonchev–Trinajstić information content (AvgIpc) is 3.08. The number of alkyl halides is 3. The molecule has 0 aliphatic heterocycles. The smallest absolute Gasteiger partial charge is 0.464 e. The highest BCUT2D eigenvalue weighted by Gasteiger charge is 2.68. The van der Waals surface area contributed by atoms with E-state index < -0.39 is 29.5 Å². The number of methoxy groups -OCH3 is 1. The van der Waals surface area contributed by atoms with Gasteiger partial charge in [-0.25, -0.2) is 15.1 Å². The molecule has 2 rings (SSSR count). The summed E-state index contributed by atoms with van der Waals surface area (Å²) in [7, 11) is 0.783. The number of esters is 1. The van der Waals surface area contributed by atoms with Gasteiger partial charge in [0.2, 0.25) is 0 Å². The number of aromatic amines is 1. The largest absolute Gasteiger partial charge is 0.464 e. The van der Waals surface area contributed by atoms with E-state index >= 15 is 0 Å². The summed E-state index contributed by atoms with van der Waals surface area (Å²) >= 11 is 0. The maximum Gasteiger partial charge on any atom is 0.464 e. The molecule has 0 bridgehead atoms. The third-order valence-corrected chi connectivity index (χ3v) is 3.34. The zero-order chi connectivity index (χ0) is 18.7. The van der Waals surface area contributed by atoms with Crippen LogP contribution in [0.4, 0.5) is 19.0 Å². The molecule has 0 fully saturated rings. The van der Waals surface area contributed by atoms with Gasteiger partial charge in [0.05, 0.1) is 19.6 Å². The Morgan fingerprint density at radius 3 is 2.48 bits per heavy atom. The molecular formula is C15H15F3N3O4+. The van der Waals surface area contributed by atoms with Gasteiger partial charge in [0.25, 0.3) is 11.7 Å². The minimum absolute atomic E-state index is 0.120. The molecular weight excluding hydrogens is 343 g/mol. The Labute approximate surface area is 140 Å². The predicted molar refractivity (Wildman–Crippen MR) is 78.3 cm³/mol. The van der Waals surface area contributed by atoms with E-state index in [1.807, 2.05) is 5.32 Å². The van der Waals surface area contributed by atoms with Gasteiger partial charge >= 0.3 is 17.8 Å². The SMILES string of the molecule is COC(=O)[C@](NC(=O)c1ccco1)(Nc1[nH+]cccc1C)C(F)(F)F. The Bertz CT molecular complexity index is 762. The number of ether oxygens (including phenoxy) is 1. The molecule has 0 saturated heterocycles. The van der Waals surface area contributed by atoms with Crippen LogP contribution in [0.25, 0.3) is 0 Å². The number of anilines is 1. The maximum absolute atomic E-state index is 13.8. The summed E-state index contributed by atoms with van der Waals surface area (Å²) in [5.74, 6) is -3.50. The Morgan fingerprint density at radius 1 is 1.24 bits per heavy atom. The van der Waals surface area contributed by atoms with Crippen LogP contribution < -0.4 is 15.6 Å². The van der Waals surface area contributed by atoms with E-state index in [2.05, 4.69) is 9.72 Å². The Hall–Kier alpha value is -3.04. The number of carbonyl (C=O) groups is 2. The molecule has 2 heterocycles. The van der Waals surface area contributed by atoms with Gasteiger partial charge in [-0.1, -0.05) is 0 Å². The molecule has 0 aliphatic rings. The summed E-state index contributed by atoms with van der Waals surface area (Å²) in [4.78, 5) is 26.7. The first-order valence-corrected chi connectivity index (χ1v) is 6.98. The summed E-state index contributed by atoms with van der Waals surface area (Å²) in [6.07, 6.45) is -2.74. The lowest BCUT2D eigenvalue weighted by Gasteiger charge is -2.30. The van der Waals surface area contributed by atoms with Gasteiger partial charge < -0.3 is 9.15 Å². The fourth-order valence-corrected chi connectivity index (χ4v) is 2.03. The molecule has 0 radical (unpaired) electrons. The first kappa shape index (κ1) is 18.3. The summed E-state index contributed by atoms with van der Waals surface area (Å²) < 4.78 is 50.5.